The summed E-state index contributed by atoms with van der Waals surface area (Å²) in [5.41, 5.74) is 0. The number of aliphatic hydroxyl groups excluding tert-OH is 2. The van der Waals surface area contributed by atoms with E-state index in [0.29, 0.717) is 13.0 Å². The Labute approximate surface area is 335 Å². The number of unbranched alkanes of at least 4 members (excludes halogenated alkanes) is 14. The summed E-state index contributed by atoms with van der Waals surface area (Å²) in [7, 11) is -4.54. The van der Waals surface area contributed by atoms with Crippen molar-refractivity contribution < 1.29 is 43.0 Å². The summed E-state index contributed by atoms with van der Waals surface area (Å²) < 4.78 is 33.3. The lowest BCUT2D eigenvalue weighted by atomic mass is 10.1. The predicted molar refractivity (Wildman–Crippen MR) is 228 cm³/mol. The van der Waals surface area contributed by atoms with Crippen LogP contribution in [-0.2, 0) is 27.9 Å². The number of hydrogen-bond acceptors (Lipinski definition) is 8. The number of carbonyl (C=O) groups excluding carboxylic acids is 1. The second-order valence-electron chi connectivity index (χ2n) is 14.0. The van der Waals surface area contributed by atoms with E-state index in [9.17, 15) is 19.4 Å². The van der Waals surface area contributed by atoms with Crippen LogP contribution in [0.5, 0.6) is 0 Å². The molecule has 0 rings (SSSR count). The van der Waals surface area contributed by atoms with E-state index in [1.165, 1.54) is 70.6 Å². The number of aliphatic hydroxyl groups is 2. The van der Waals surface area contributed by atoms with Gasteiger partial charge < -0.3 is 24.6 Å². The second kappa shape index (κ2) is 41.5. The quantitative estimate of drug-likeness (QED) is 0.0240. The van der Waals surface area contributed by atoms with Gasteiger partial charge in [0, 0.05) is 13.0 Å². The number of rotatable bonds is 40. The molecule has 0 aliphatic rings. The molecule has 0 heterocycles. The third-order valence-corrected chi connectivity index (χ3v) is 9.58. The van der Waals surface area contributed by atoms with Gasteiger partial charge in [-0.05, 0) is 77.0 Å². The topological polar surface area (TPSA) is 132 Å². The van der Waals surface area contributed by atoms with Crippen LogP contribution in [0.1, 0.15) is 162 Å². The molecule has 0 aliphatic carbocycles. The first kappa shape index (κ1) is 52.9. The minimum Gasteiger partial charge on any atom is -0.457 e. The number of carbonyl (C=O) groups is 1. The lowest BCUT2D eigenvalue weighted by Crippen LogP contribution is -2.29. The van der Waals surface area contributed by atoms with Gasteiger partial charge in [-0.3, -0.25) is 13.8 Å². The Kier molecular flexibility index (Phi) is 39.9. The zero-order valence-corrected chi connectivity index (χ0v) is 35.5. The molecule has 55 heavy (non-hydrogen) atoms. The largest absolute Gasteiger partial charge is 0.472 e. The summed E-state index contributed by atoms with van der Waals surface area (Å²) in [6, 6.07) is 0. The molecule has 10 heteroatoms. The molecule has 3 atom stereocenters. The van der Waals surface area contributed by atoms with Crippen molar-refractivity contribution in [2.75, 3.05) is 33.0 Å². The first-order valence-electron chi connectivity index (χ1n) is 21.4. The van der Waals surface area contributed by atoms with E-state index < -0.39 is 45.8 Å². The molecule has 0 bridgehead atoms. The normalized spacial score (nSPS) is 14.8. The maximum Gasteiger partial charge on any atom is 0.472 e. The maximum absolute atomic E-state index is 12.6. The highest BCUT2D eigenvalue weighted by Crippen LogP contribution is 2.43. The van der Waals surface area contributed by atoms with E-state index in [1.54, 1.807) is 0 Å². The Morgan fingerprint density at radius 2 is 1.04 bits per heavy atom. The van der Waals surface area contributed by atoms with Gasteiger partial charge in [-0.15, -0.1) is 0 Å². The second-order valence-corrected chi connectivity index (χ2v) is 15.4. The molecule has 318 valence electrons. The Morgan fingerprint density at radius 1 is 0.582 bits per heavy atom. The van der Waals surface area contributed by atoms with E-state index in [4.69, 9.17) is 23.6 Å². The molecule has 0 spiro atoms. The van der Waals surface area contributed by atoms with Crippen molar-refractivity contribution in [2.45, 2.75) is 174 Å². The third kappa shape index (κ3) is 41.4. The van der Waals surface area contributed by atoms with Gasteiger partial charge in [-0.1, -0.05) is 151 Å². The predicted octanol–water partition coefficient (Wildman–Crippen LogP) is 11.8. The van der Waals surface area contributed by atoms with Gasteiger partial charge in [0.1, 0.15) is 12.2 Å². The van der Waals surface area contributed by atoms with E-state index >= 15 is 0 Å². The van der Waals surface area contributed by atoms with Crippen LogP contribution in [0.15, 0.2) is 72.9 Å². The molecule has 0 aromatic heterocycles. The van der Waals surface area contributed by atoms with Crippen LogP contribution < -0.4 is 0 Å². The molecule has 0 aliphatic heterocycles. The fourth-order valence-corrected chi connectivity index (χ4v) is 6.17. The highest BCUT2D eigenvalue weighted by atomic mass is 31.2. The van der Waals surface area contributed by atoms with Gasteiger partial charge >= 0.3 is 13.8 Å². The number of esters is 1. The summed E-state index contributed by atoms with van der Waals surface area (Å²) in [5.74, 6) is -0.443. The van der Waals surface area contributed by atoms with Crippen LogP contribution in [0.25, 0.3) is 0 Å². The van der Waals surface area contributed by atoms with Crippen LogP contribution in [0.2, 0.25) is 0 Å². The average Bonchev–Trinajstić information content (AvgIpc) is 3.18. The molecule has 3 N–H and O–H groups in total. The van der Waals surface area contributed by atoms with Crippen molar-refractivity contribution in [3.05, 3.63) is 72.9 Å². The summed E-state index contributed by atoms with van der Waals surface area (Å²) >= 11 is 0. The zero-order valence-electron chi connectivity index (χ0n) is 34.6. The van der Waals surface area contributed by atoms with E-state index in [-0.39, 0.29) is 13.0 Å². The molecule has 0 radical (unpaired) electrons. The van der Waals surface area contributed by atoms with E-state index in [2.05, 4.69) is 80.7 Å². The van der Waals surface area contributed by atoms with Crippen LogP contribution in [0.4, 0.5) is 0 Å². The molecular weight excluding hydrogens is 715 g/mol. The molecule has 3 unspecified atom stereocenters. The lowest BCUT2D eigenvalue weighted by molar-refractivity contribution is -0.154. The number of allylic oxidation sites excluding steroid dienone is 12. The van der Waals surface area contributed by atoms with E-state index in [0.717, 1.165) is 64.2 Å². The Hall–Kier alpha value is -2.10. The maximum atomic E-state index is 12.6. The first-order chi connectivity index (χ1) is 26.8. The highest BCUT2D eigenvalue weighted by Gasteiger charge is 2.26. The van der Waals surface area contributed by atoms with E-state index in [1.807, 2.05) is 6.08 Å². The van der Waals surface area contributed by atoms with Gasteiger partial charge in [-0.25, -0.2) is 4.57 Å². The first-order valence-corrected chi connectivity index (χ1v) is 22.9. The van der Waals surface area contributed by atoms with Crippen molar-refractivity contribution in [1.82, 2.24) is 0 Å². The van der Waals surface area contributed by atoms with Gasteiger partial charge in [0.25, 0.3) is 0 Å². The van der Waals surface area contributed by atoms with Crippen LogP contribution >= 0.6 is 7.82 Å². The highest BCUT2D eigenvalue weighted by molar-refractivity contribution is 7.47. The van der Waals surface area contributed by atoms with Gasteiger partial charge in [0.05, 0.1) is 26.4 Å². The molecule has 0 saturated heterocycles. The van der Waals surface area contributed by atoms with Gasteiger partial charge in [0.2, 0.25) is 0 Å². The third-order valence-electron chi connectivity index (χ3n) is 8.63. The van der Waals surface area contributed by atoms with Crippen molar-refractivity contribution in [3.8, 4) is 0 Å². The fraction of sp³-hybridized carbons (Fsp3) is 0.711. The number of phosphoric ester groups is 1. The number of hydrogen-bond donors (Lipinski definition) is 3. The Balaban J connectivity index is 4.30. The smallest absolute Gasteiger partial charge is 0.457 e. The van der Waals surface area contributed by atoms with Crippen molar-refractivity contribution >= 4 is 13.8 Å². The SMILES string of the molecule is CC/C=C\C/C=C\C/C=C\C/C=C\C/C=C\CCCC(=O)OC(COCCCCCCCC/C=C\CCCCCCCCC)COP(=O)(O)OCC(O)CO. The molecule has 0 fully saturated rings. The van der Waals surface area contributed by atoms with Crippen molar-refractivity contribution in [2.24, 2.45) is 0 Å². The average molecular weight is 795 g/mol. The summed E-state index contributed by atoms with van der Waals surface area (Å²) in [6.07, 6.45) is 48.7. The summed E-state index contributed by atoms with van der Waals surface area (Å²) in [5, 5.41) is 18.3. The lowest BCUT2D eigenvalue weighted by Gasteiger charge is -2.20. The molecule has 0 aromatic rings. The summed E-state index contributed by atoms with van der Waals surface area (Å²) in [6.45, 7) is 3.30. The number of phosphoric acid groups is 1. The monoisotopic (exact) mass is 795 g/mol. The van der Waals surface area contributed by atoms with Gasteiger partial charge in [0.15, 0.2) is 0 Å². The Morgan fingerprint density at radius 3 is 1.58 bits per heavy atom. The van der Waals surface area contributed by atoms with Crippen LogP contribution in [0, 0.1) is 0 Å². The fourth-order valence-electron chi connectivity index (χ4n) is 5.38. The molecule has 9 nitrogen and oxygen atoms in total. The minimum absolute atomic E-state index is 0.0188. The Bertz CT molecular complexity index is 1080. The number of ether oxygens (including phenoxy) is 2. The molecule has 0 saturated carbocycles. The van der Waals surface area contributed by atoms with Crippen LogP contribution in [0.3, 0.4) is 0 Å². The summed E-state index contributed by atoms with van der Waals surface area (Å²) in [4.78, 5) is 22.5. The standard InChI is InChI=1S/C45H79O9P/c1-3-5-7-9-11-13-15-17-19-21-23-25-27-29-31-33-35-37-45(48)54-44(42-53-55(49,50)52-40-43(47)39-46)41-51-38-36-34-32-30-28-26-24-22-20-18-16-14-12-10-8-6-4-2/h5,7,11,13,17,19-20,22-23,25,29,31,43-44,46-47H,3-4,6,8-10,12,14-16,18,21,24,26-28,30,32-42H2,1-2H3,(H,49,50)/b7-5-,13-11-,19-17-,22-20-,25-23-,31-29-. The van der Waals surface area contributed by atoms with Gasteiger partial charge in [-0.2, -0.15) is 0 Å². The molecule has 0 amide bonds. The van der Waals surface area contributed by atoms with Crippen molar-refractivity contribution in [1.29, 1.82) is 0 Å². The molecule has 0 aromatic carbocycles. The zero-order chi connectivity index (χ0) is 40.3. The minimum atomic E-state index is -4.54. The van der Waals surface area contributed by atoms with Crippen molar-refractivity contribution in [3.63, 3.8) is 0 Å². The van der Waals surface area contributed by atoms with Crippen LogP contribution in [-0.4, -0.2) is 66.3 Å². The molecular formula is C45H79O9P.